The minimum Gasteiger partial charge on any atom is -0.453 e. The lowest BCUT2D eigenvalue weighted by molar-refractivity contribution is 0.0948. The maximum atomic E-state index is 12.0. The zero-order valence-corrected chi connectivity index (χ0v) is 12.9. The molecule has 0 radical (unpaired) electrons. The molecule has 19 heavy (non-hydrogen) atoms. The third-order valence-corrected chi connectivity index (χ3v) is 4.66. The number of ketones is 1. The predicted octanol–water partition coefficient (Wildman–Crippen LogP) is 2.12. The Balaban J connectivity index is 1.82. The second-order valence-corrected chi connectivity index (χ2v) is 6.85. The summed E-state index contributed by atoms with van der Waals surface area (Å²) in [5.74, 6) is 0.120. The number of amides is 1. The molecule has 1 amide bonds. The van der Waals surface area contributed by atoms with Crippen LogP contribution in [0.1, 0.15) is 16.1 Å². The lowest BCUT2D eigenvalue weighted by Gasteiger charge is -2.15. The molecule has 1 saturated heterocycles. The van der Waals surface area contributed by atoms with Crippen molar-refractivity contribution in [3.63, 3.8) is 0 Å². The molecule has 0 saturated carbocycles. The number of hydrogen-bond donors (Lipinski definition) is 1. The zero-order valence-electron chi connectivity index (χ0n) is 10.5. The number of nitrogens with zero attached hydrogens (tertiary/aromatic N) is 1. The molecule has 0 bridgehead atoms. The molecule has 1 atom stereocenters. The standard InChI is InChI=1S/C12H15BrN2O3S/c1-18-12(17)14-8-4-5-15(6-8)7-9(16)10-2-3-11(13)19-10/h2-3,8H,4-7H2,1H3,(H,14,17). The molecule has 1 aliphatic rings. The molecule has 5 nitrogen and oxygen atoms in total. The van der Waals surface area contributed by atoms with Crippen LogP contribution in [0.3, 0.4) is 0 Å². The van der Waals surface area contributed by atoms with Crippen molar-refractivity contribution in [2.75, 3.05) is 26.7 Å². The van der Waals surface area contributed by atoms with Gasteiger partial charge in [0.25, 0.3) is 0 Å². The fraction of sp³-hybridized carbons (Fsp3) is 0.500. The lowest BCUT2D eigenvalue weighted by atomic mass is 10.3. The van der Waals surface area contributed by atoms with Gasteiger partial charge in [-0.15, -0.1) is 11.3 Å². The normalized spacial score (nSPS) is 19.4. The highest BCUT2D eigenvalue weighted by molar-refractivity contribution is 9.11. The number of nitrogens with one attached hydrogen (secondary N) is 1. The Kier molecular flexibility index (Phi) is 4.95. The van der Waals surface area contributed by atoms with Crippen molar-refractivity contribution >= 4 is 39.1 Å². The predicted molar refractivity (Wildman–Crippen MR) is 76.7 cm³/mol. The summed E-state index contributed by atoms with van der Waals surface area (Å²) in [5.41, 5.74) is 0. The molecule has 2 heterocycles. The summed E-state index contributed by atoms with van der Waals surface area (Å²) in [5, 5.41) is 2.76. The number of halogens is 1. The highest BCUT2D eigenvalue weighted by Gasteiger charge is 2.26. The van der Waals surface area contributed by atoms with Crippen molar-refractivity contribution in [2.24, 2.45) is 0 Å². The Hall–Kier alpha value is -0.920. The van der Waals surface area contributed by atoms with E-state index in [1.807, 2.05) is 12.1 Å². The number of carbonyl (C=O) groups excluding carboxylic acids is 2. The van der Waals surface area contributed by atoms with Gasteiger partial charge in [0.05, 0.1) is 22.3 Å². The Morgan fingerprint density at radius 1 is 1.58 bits per heavy atom. The first-order valence-corrected chi connectivity index (χ1v) is 7.55. The second-order valence-electron chi connectivity index (χ2n) is 4.38. The van der Waals surface area contributed by atoms with Crippen LogP contribution in [-0.4, -0.2) is 49.6 Å². The topological polar surface area (TPSA) is 58.6 Å². The second kappa shape index (κ2) is 6.49. The monoisotopic (exact) mass is 346 g/mol. The molecule has 1 aromatic heterocycles. The van der Waals surface area contributed by atoms with Gasteiger partial charge in [-0.3, -0.25) is 9.69 Å². The summed E-state index contributed by atoms with van der Waals surface area (Å²) in [6.07, 6.45) is 0.427. The molecule has 1 fully saturated rings. The van der Waals surface area contributed by atoms with Crippen LogP contribution >= 0.6 is 27.3 Å². The van der Waals surface area contributed by atoms with Gasteiger partial charge in [0.2, 0.25) is 0 Å². The lowest BCUT2D eigenvalue weighted by Crippen LogP contribution is -2.37. The number of likely N-dealkylation sites (tertiary alicyclic amines) is 1. The van der Waals surface area contributed by atoms with E-state index in [0.717, 1.165) is 21.6 Å². The van der Waals surface area contributed by atoms with Gasteiger partial charge in [-0.2, -0.15) is 0 Å². The molecule has 0 aromatic carbocycles. The van der Waals surface area contributed by atoms with Gasteiger partial charge in [-0.25, -0.2) is 4.79 Å². The highest BCUT2D eigenvalue weighted by atomic mass is 79.9. The van der Waals surface area contributed by atoms with E-state index >= 15 is 0 Å². The van der Waals surface area contributed by atoms with Gasteiger partial charge in [-0.1, -0.05) is 0 Å². The first-order chi connectivity index (χ1) is 9.08. The van der Waals surface area contributed by atoms with Crippen LogP contribution in [-0.2, 0) is 4.74 Å². The molecule has 1 aromatic rings. The first-order valence-electron chi connectivity index (χ1n) is 5.94. The third-order valence-electron chi connectivity index (χ3n) is 2.99. The minimum atomic E-state index is -0.416. The number of rotatable bonds is 4. The molecule has 1 N–H and O–H groups in total. The van der Waals surface area contributed by atoms with Gasteiger partial charge < -0.3 is 10.1 Å². The van der Waals surface area contributed by atoms with E-state index in [1.165, 1.54) is 18.4 Å². The molecule has 0 aliphatic carbocycles. The van der Waals surface area contributed by atoms with E-state index < -0.39 is 6.09 Å². The fourth-order valence-corrected chi connectivity index (χ4v) is 3.38. The van der Waals surface area contributed by atoms with Gasteiger partial charge in [0.15, 0.2) is 5.78 Å². The molecule has 1 aliphatic heterocycles. The van der Waals surface area contributed by atoms with E-state index in [0.29, 0.717) is 13.1 Å². The van der Waals surface area contributed by atoms with E-state index in [1.54, 1.807) is 0 Å². The van der Waals surface area contributed by atoms with Gasteiger partial charge >= 0.3 is 6.09 Å². The van der Waals surface area contributed by atoms with Crippen molar-refractivity contribution in [1.29, 1.82) is 0 Å². The first kappa shape index (κ1) is 14.5. The van der Waals surface area contributed by atoms with Crippen LogP contribution < -0.4 is 5.32 Å². The number of thiophene rings is 1. The molecular weight excluding hydrogens is 332 g/mol. The van der Waals surface area contributed by atoms with Crippen molar-refractivity contribution < 1.29 is 14.3 Å². The van der Waals surface area contributed by atoms with Crippen LogP contribution in [0.25, 0.3) is 0 Å². The number of ether oxygens (including phenoxy) is 1. The smallest absolute Gasteiger partial charge is 0.407 e. The van der Waals surface area contributed by atoms with Crippen LogP contribution in [0.5, 0.6) is 0 Å². The van der Waals surface area contributed by atoms with E-state index in [2.05, 4.69) is 30.9 Å². The van der Waals surface area contributed by atoms with Crippen LogP contribution in [0.15, 0.2) is 15.9 Å². The third kappa shape index (κ3) is 4.02. The van der Waals surface area contributed by atoms with Crippen LogP contribution in [0.4, 0.5) is 4.79 Å². The van der Waals surface area contributed by atoms with E-state index in [9.17, 15) is 9.59 Å². The van der Waals surface area contributed by atoms with Gasteiger partial charge in [0, 0.05) is 19.1 Å². The summed E-state index contributed by atoms with van der Waals surface area (Å²) in [7, 11) is 1.35. The van der Waals surface area contributed by atoms with Crippen molar-refractivity contribution in [1.82, 2.24) is 10.2 Å². The molecule has 1 unspecified atom stereocenters. The Bertz CT molecular complexity index is 477. The summed E-state index contributed by atoms with van der Waals surface area (Å²) < 4.78 is 5.52. The molecule has 7 heteroatoms. The Morgan fingerprint density at radius 2 is 2.37 bits per heavy atom. The van der Waals surface area contributed by atoms with E-state index in [-0.39, 0.29) is 11.8 Å². The number of alkyl carbamates (subject to hydrolysis) is 1. The maximum absolute atomic E-state index is 12.0. The number of Topliss-reactive ketones (excluding diaryl/α,β-unsaturated/α-hetero) is 1. The highest BCUT2D eigenvalue weighted by Crippen LogP contribution is 2.23. The average molecular weight is 347 g/mol. The minimum absolute atomic E-state index is 0.0651. The molecule has 104 valence electrons. The molecular formula is C12H15BrN2O3S. The van der Waals surface area contributed by atoms with Crippen LogP contribution in [0.2, 0.25) is 0 Å². The van der Waals surface area contributed by atoms with Crippen molar-refractivity contribution in [3.05, 3.63) is 20.8 Å². The Labute approximate surface area is 124 Å². The Morgan fingerprint density at radius 3 is 3.00 bits per heavy atom. The SMILES string of the molecule is COC(=O)NC1CCN(CC(=O)c2ccc(Br)s2)C1. The maximum Gasteiger partial charge on any atom is 0.407 e. The zero-order chi connectivity index (χ0) is 13.8. The van der Waals surface area contributed by atoms with Crippen molar-refractivity contribution in [3.8, 4) is 0 Å². The summed E-state index contributed by atoms with van der Waals surface area (Å²) >= 11 is 4.79. The summed E-state index contributed by atoms with van der Waals surface area (Å²) in [6.45, 7) is 1.90. The number of hydrogen-bond acceptors (Lipinski definition) is 5. The van der Waals surface area contributed by atoms with Crippen molar-refractivity contribution in [2.45, 2.75) is 12.5 Å². The van der Waals surface area contributed by atoms with Gasteiger partial charge in [0.1, 0.15) is 0 Å². The van der Waals surface area contributed by atoms with E-state index in [4.69, 9.17) is 0 Å². The summed E-state index contributed by atoms with van der Waals surface area (Å²) in [6, 6.07) is 3.77. The fourth-order valence-electron chi connectivity index (χ4n) is 2.06. The van der Waals surface area contributed by atoms with Gasteiger partial charge in [-0.05, 0) is 34.5 Å². The largest absolute Gasteiger partial charge is 0.453 e. The summed E-state index contributed by atoms with van der Waals surface area (Å²) in [4.78, 5) is 25.9. The quantitative estimate of drug-likeness (QED) is 0.848. The molecule has 0 spiro atoms. The number of methoxy groups -OCH3 is 1. The number of carbonyl (C=O) groups is 2. The molecule has 2 rings (SSSR count). The van der Waals surface area contributed by atoms with Crippen LogP contribution in [0, 0.1) is 0 Å². The average Bonchev–Trinajstić information content (AvgIpc) is 2.98.